The van der Waals surface area contributed by atoms with E-state index in [1.54, 1.807) is 30.3 Å². The summed E-state index contributed by atoms with van der Waals surface area (Å²) in [6, 6.07) is 14.9. The fourth-order valence-electron chi connectivity index (χ4n) is 9.12. The first-order valence-corrected chi connectivity index (χ1v) is 30.6. The van der Waals surface area contributed by atoms with Crippen LogP contribution in [0.5, 0.6) is 23.0 Å². The summed E-state index contributed by atoms with van der Waals surface area (Å²) >= 11 is 7.25. The zero-order valence-corrected chi connectivity index (χ0v) is 51.8. The van der Waals surface area contributed by atoms with Crippen molar-refractivity contribution in [3.63, 3.8) is 0 Å². The molecular formula is C61H88N6O16S2. The quantitative estimate of drug-likeness (QED) is 0.0137. The van der Waals surface area contributed by atoms with Crippen LogP contribution in [0, 0.1) is 17.3 Å². The van der Waals surface area contributed by atoms with E-state index in [0.717, 1.165) is 25.0 Å². The van der Waals surface area contributed by atoms with E-state index >= 15 is 0 Å². The van der Waals surface area contributed by atoms with Crippen molar-refractivity contribution in [3.8, 4) is 23.0 Å². The van der Waals surface area contributed by atoms with Gasteiger partial charge in [-0.15, -0.1) is 0 Å². The highest BCUT2D eigenvalue weighted by Crippen LogP contribution is 2.57. The smallest absolute Gasteiger partial charge is 0.340 e. The number of nitrogens with two attached hydrogens (primary N) is 1. The molecule has 7 rings (SSSR count). The van der Waals surface area contributed by atoms with Crippen LogP contribution in [0.4, 0.5) is 10.5 Å². The van der Waals surface area contributed by atoms with Gasteiger partial charge in [-0.25, -0.2) is 9.59 Å². The number of thiocarbonyl (C=S) groups is 1. The van der Waals surface area contributed by atoms with Gasteiger partial charge in [0.15, 0.2) is 16.5 Å². The summed E-state index contributed by atoms with van der Waals surface area (Å²) in [5, 5.41) is 35.7. The minimum absolute atomic E-state index is 0.00676. The van der Waals surface area contributed by atoms with Crippen LogP contribution in [0.3, 0.4) is 0 Å². The number of hydrogen-bond donors (Lipinski definition) is 8. The van der Waals surface area contributed by atoms with Crippen molar-refractivity contribution >= 4 is 70.0 Å². The predicted octanol–water partition coefficient (Wildman–Crippen LogP) is 6.67. The number of hydrogen-bond acceptors (Lipinski definition) is 19. The molecule has 0 aliphatic carbocycles. The summed E-state index contributed by atoms with van der Waals surface area (Å²) in [6.45, 7) is 20.0. The second kappa shape index (κ2) is 35.6. The number of aromatic hydroxyl groups is 2. The number of Topliss-reactive ketones (excluding diaryl/α,β-unsaturated/α-hetero) is 3. The minimum Gasteiger partial charge on any atom is -0.508 e. The third-order valence-electron chi connectivity index (χ3n) is 13.9. The summed E-state index contributed by atoms with van der Waals surface area (Å²) < 4.78 is 43.9. The fourth-order valence-corrected chi connectivity index (χ4v) is 10.9. The van der Waals surface area contributed by atoms with E-state index in [0.29, 0.717) is 161 Å². The molecule has 3 aromatic carbocycles. The van der Waals surface area contributed by atoms with Crippen LogP contribution in [-0.2, 0) is 57.9 Å². The molecule has 24 heteroatoms. The fraction of sp³-hybridized carbons (Fsp3) is 0.590. The predicted molar refractivity (Wildman–Crippen MR) is 327 cm³/mol. The number of benzene rings is 3. The van der Waals surface area contributed by atoms with E-state index in [1.165, 1.54) is 24.3 Å². The lowest BCUT2D eigenvalue weighted by atomic mass is 9.77. The number of esters is 1. The van der Waals surface area contributed by atoms with Crippen molar-refractivity contribution in [2.75, 3.05) is 110 Å². The van der Waals surface area contributed by atoms with E-state index in [1.807, 2.05) is 60.2 Å². The number of phenols is 2. The van der Waals surface area contributed by atoms with Crippen molar-refractivity contribution in [1.82, 2.24) is 21.3 Å². The van der Waals surface area contributed by atoms with Gasteiger partial charge in [0.2, 0.25) is 5.91 Å². The highest BCUT2D eigenvalue weighted by atomic mass is 32.2. The van der Waals surface area contributed by atoms with Gasteiger partial charge in [0.1, 0.15) is 41.2 Å². The molecule has 0 saturated carbocycles. The van der Waals surface area contributed by atoms with E-state index in [4.69, 9.17) is 55.8 Å². The van der Waals surface area contributed by atoms with Crippen molar-refractivity contribution in [2.24, 2.45) is 23.0 Å². The van der Waals surface area contributed by atoms with Crippen LogP contribution in [0.1, 0.15) is 114 Å². The molecule has 85 heavy (non-hydrogen) atoms. The summed E-state index contributed by atoms with van der Waals surface area (Å²) in [4.78, 5) is 71.2. The van der Waals surface area contributed by atoms with Gasteiger partial charge in [-0.2, -0.15) is 11.8 Å². The number of fused-ring (bicyclic) bond motifs is 7. The Morgan fingerprint density at radius 2 is 1.28 bits per heavy atom. The average molecular weight is 1230 g/mol. The number of urea groups is 1. The van der Waals surface area contributed by atoms with Crippen molar-refractivity contribution in [1.29, 1.82) is 0 Å². The first-order valence-electron chi connectivity index (χ1n) is 29.1. The zero-order chi connectivity index (χ0) is 61.9. The molecule has 22 nitrogen and oxygen atoms in total. The highest BCUT2D eigenvalue weighted by molar-refractivity contribution is 8.00. The second-order valence-corrected chi connectivity index (χ2v) is 23.9. The maximum Gasteiger partial charge on any atom is 0.340 e. The van der Waals surface area contributed by atoms with E-state index in [9.17, 15) is 39.0 Å². The number of phenolic OH excluding ortho intramolecular Hbond substituents is 2. The Labute approximate surface area is 508 Å². The standard InChI is InChI=1S/C27H24N2O6S.C25H45N3O7S.C9H19NO3/c1-14(2)22(32)9-10-28-26(36)29-15-3-6-19-18(11-15)25(33)35-27(19)20-7-4-16(30)12-23(20)34-24-13-17(31)5-8-21(24)27;1-25(2,3)21(29)8-10-32-12-14-34-16-17-35-15-13-33-11-9-26-22(30)7-5-4-6-20-23-19(18-36-20)27-24(31)28-23;1-8(2)9(11)7-13-6-5-12-4-3-10/h3-8,11-14,30-31H,9-10H2,1-2H3,(H2,28,29,36);19-20,23H,4-18H2,1-3H3,(H,26,30)(H2,27,28,31);8H,3-7,10H2,1-2H3/t;19-,20-,23-;/m.1./s1. The number of ketones is 3. The topological polar surface area (TPSA) is 303 Å². The van der Waals surface area contributed by atoms with Gasteiger partial charge in [-0.1, -0.05) is 61.0 Å². The Hall–Kier alpha value is -5.96. The summed E-state index contributed by atoms with van der Waals surface area (Å²) in [6.07, 6.45) is 4.15. The number of anilines is 1. The maximum absolute atomic E-state index is 13.2. The normalized spacial score (nSPS) is 16.7. The number of thioether (sulfide) groups is 1. The molecule has 2 saturated heterocycles. The van der Waals surface area contributed by atoms with Gasteiger partial charge >= 0.3 is 12.0 Å². The number of amides is 3. The Morgan fingerprint density at radius 3 is 1.88 bits per heavy atom. The van der Waals surface area contributed by atoms with Gasteiger partial charge < -0.3 is 80.4 Å². The van der Waals surface area contributed by atoms with Crippen molar-refractivity contribution in [2.45, 2.75) is 110 Å². The van der Waals surface area contributed by atoms with E-state index in [2.05, 4.69) is 26.6 Å². The number of rotatable bonds is 33. The van der Waals surface area contributed by atoms with Gasteiger partial charge in [0, 0.05) is 102 Å². The van der Waals surface area contributed by atoms with Crippen LogP contribution in [0.15, 0.2) is 54.6 Å². The molecule has 1 spiro atoms. The largest absolute Gasteiger partial charge is 0.508 e. The molecule has 4 aliphatic heterocycles. The number of ether oxygens (including phenoxy) is 8. The Balaban J connectivity index is 0.000000258. The first kappa shape index (κ1) is 69.8. The molecule has 470 valence electrons. The molecule has 4 aliphatic rings. The molecule has 0 unspecified atom stereocenters. The number of nitrogens with one attached hydrogen (secondary N) is 5. The SMILES string of the molecule is CC(C)(C)C(=O)CCOCCOCCOCCOCCNC(=O)CCCC[C@H]1SC[C@H]2NC(=O)N[C@H]21.CC(C)C(=O)CCNC(=S)Nc1ccc2c(c1)C(=O)OC21c2ccc(O)cc2Oc2cc(O)ccc21.CC(C)C(=O)COCCOCCN. The summed E-state index contributed by atoms with van der Waals surface area (Å²) in [7, 11) is 0. The van der Waals surface area contributed by atoms with E-state index in [-0.39, 0.29) is 76.7 Å². The molecule has 9 N–H and O–H groups in total. The molecule has 4 heterocycles. The highest BCUT2D eigenvalue weighted by Gasteiger charge is 2.54. The molecule has 3 amide bonds. The summed E-state index contributed by atoms with van der Waals surface area (Å²) in [5.74, 6) is 1.58. The molecule has 0 aromatic heterocycles. The lowest BCUT2D eigenvalue weighted by Crippen LogP contribution is -2.36. The molecule has 0 bridgehead atoms. The number of carbonyl (C=O) groups excluding carboxylic acids is 6. The van der Waals surface area contributed by atoms with Crippen LogP contribution in [0.2, 0.25) is 0 Å². The van der Waals surface area contributed by atoms with Gasteiger partial charge in [0.05, 0.1) is 90.3 Å². The van der Waals surface area contributed by atoms with Gasteiger partial charge in [-0.3, -0.25) is 19.2 Å². The summed E-state index contributed by atoms with van der Waals surface area (Å²) in [5.41, 5.74) is 6.22. The molecule has 3 atom stereocenters. The third kappa shape index (κ3) is 22.4. The lowest BCUT2D eigenvalue weighted by Gasteiger charge is -2.36. The molecule has 0 radical (unpaired) electrons. The third-order valence-corrected chi connectivity index (χ3v) is 15.7. The molecule has 3 aromatic rings. The van der Waals surface area contributed by atoms with Crippen LogP contribution >= 0.6 is 24.0 Å². The Kier molecular flexibility index (Phi) is 29.2. The second-order valence-electron chi connectivity index (χ2n) is 22.2. The first-order chi connectivity index (χ1) is 40.6. The lowest BCUT2D eigenvalue weighted by molar-refractivity contribution is -0.128. The minimum atomic E-state index is -1.31. The maximum atomic E-state index is 13.2. The van der Waals surface area contributed by atoms with Crippen LogP contribution < -0.4 is 37.1 Å². The van der Waals surface area contributed by atoms with Crippen LogP contribution in [0.25, 0.3) is 0 Å². The monoisotopic (exact) mass is 1220 g/mol. The van der Waals surface area contributed by atoms with Crippen LogP contribution in [-0.4, -0.2) is 173 Å². The average Bonchev–Trinajstić information content (AvgIpc) is 3.30. The molecule has 2 fully saturated rings. The number of carbonyl (C=O) groups is 6. The Bertz CT molecular complexity index is 2640. The number of unbranched alkanes of at least 4 members (excludes halogenated alkanes) is 1. The van der Waals surface area contributed by atoms with Crippen molar-refractivity contribution in [3.05, 3.63) is 76.9 Å². The molecular weight excluding hydrogens is 1140 g/mol. The van der Waals surface area contributed by atoms with Crippen molar-refractivity contribution < 1.29 is 76.9 Å². The van der Waals surface area contributed by atoms with Gasteiger partial charge in [0.25, 0.3) is 0 Å². The Morgan fingerprint density at radius 1 is 0.706 bits per heavy atom. The van der Waals surface area contributed by atoms with Gasteiger partial charge in [-0.05, 0) is 61.5 Å². The zero-order valence-electron chi connectivity index (χ0n) is 50.1. The van der Waals surface area contributed by atoms with E-state index < -0.39 is 11.6 Å².